The van der Waals surface area contributed by atoms with E-state index in [1.807, 2.05) is 31.2 Å². The van der Waals surface area contributed by atoms with Gasteiger partial charge < -0.3 is 4.90 Å². The van der Waals surface area contributed by atoms with Crippen LogP contribution in [-0.2, 0) is 0 Å². The summed E-state index contributed by atoms with van der Waals surface area (Å²) in [5, 5.41) is 10.5. The van der Waals surface area contributed by atoms with Gasteiger partial charge in [-0.05, 0) is 18.6 Å². The summed E-state index contributed by atoms with van der Waals surface area (Å²) in [6.07, 6.45) is 1.40. The number of carbonyl (C=O) groups excluding carboxylic acids is 1. The molecule has 2 rings (SSSR count). The SMILES string of the molecule is CC(c1ccccc1Cl)N(C)C(=O)c1cn[nH]n1. The lowest BCUT2D eigenvalue weighted by atomic mass is 10.1. The number of halogens is 1. The van der Waals surface area contributed by atoms with Gasteiger partial charge >= 0.3 is 0 Å². The van der Waals surface area contributed by atoms with Crippen LogP contribution in [0.4, 0.5) is 0 Å². The molecule has 0 radical (unpaired) electrons. The zero-order chi connectivity index (χ0) is 13.1. The van der Waals surface area contributed by atoms with Gasteiger partial charge in [-0.3, -0.25) is 4.79 Å². The highest BCUT2D eigenvalue weighted by atomic mass is 35.5. The molecule has 0 saturated carbocycles. The molecule has 1 atom stereocenters. The molecule has 1 heterocycles. The van der Waals surface area contributed by atoms with Gasteiger partial charge in [-0.2, -0.15) is 15.4 Å². The number of H-pyrrole nitrogens is 1. The third-order valence-electron chi connectivity index (χ3n) is 2.89. The van der Waals surface area contributed by atoms with E-state index in [4.69, 9.17) is 11.6 Å². The summed E-state index contributed by atoms with van der Waals surface area (Å²) >= 11 is 6.12. The molecule has 94 valence electrons. The van der Waals surface area contributed by atoms with Gasteiger partial charge in [0.2, 0.25) is 0 Å². The van der Waals surface area contributed by atoms with Gasteiger partial charge in [-0.15, -0.1) is 0 Å². The quantitative estimate of drug-likeness (QED) is 0.925. The van der Waals surface area contributed by atoms with Crippen LogP contribution in [0.5, 0.6) is 0 Å². The number of aromatic amines is 1. The van der Waals surface area contributed by atoms with Crippen molar-refractivity contribution in [2.75, 3.05) is 7.05 Å². The highest BCUT2D eigenvalue weighted by Gasteiger charge is 2.21. The van der Waals surface area contributed by atoms with Crippen LogP contribution in [0.2, 0.25) is 5.02 Å². The lowest BCUT2D eigenvalue weighted by Crippen LogP contribution is -2.30. The van der Waals surface area contributed by atoms with Crippen molar-refractivity contribution in [2.45, 2.75) is 13.0 Å². The van der Waals surface area contributed by atoms with E-state index in [0.29, 0.717) is 5.02 Å². The minimum atomic E-state index is -0.198. The van der Waals surface area contributed by atoms with Crippen molar-refractivity contribution in [1.29, 1.82) is 0 Å². The Morgan fingerprint density at radius 1 is 1.44 bits per heavy atom. The molecule has 1 aromatic carbocycles. The largest absolute Gasteiger partial charge is 0.333 e. The van der Waals surface area contributed by atoms with E-state index < -0.39 is 0 Å². The maximum Gasteiger partial charge on any atom is 0.276 e. The molecule has 1 aromatic heterocycles. The number of nitrogens with one attached hydrogen (secondary N) is 1. The maximum absolute atomic E-state index is 12.1. The van der Waals surface area contributed by atoms with Crippen molar-refractivity contribution in [3.8, 4) is 0 Å². The van der Waals surface area contributed by atoms with Gasteiger partial charge in [-0.25, -0.2) is 0 Å². The molecule has 1 unspecified atom stereocenters. The zero-order valence-electron chi connectivity index (χ0n) is 10.1. The van der Waals surface area contributed by atoms with E-state index >= 15 is 0 Å². The van der Waals surface area contributed by atoms with E-state index in [1.165, 1.54) is 6.20 Å². The molecule has 0 saturated heterocycles. The Balaban J connectivity index is 2.22. The molecule has 18 heavy (non-hydrogen) atoms. The van der Waals surface area contributed by atoms with Crippen LogP contribution < -0.4 is 0 Å². The van der Waals surface area contributed by atoms with Crippen LogP contribution in [0.25, 0.3) is 0 Å². The van der Waals surface area contributed by atoms with Crippen LogP contribution in [0.15, 0.2) is 30.5 Å². The van der Waals surface area contributed by atoms with Gasteiger partial charge in [0.1, 0.15) is 0 Å². The highest BCUT2D eigenvalue weighted by molar-refractivity contribution is 6.31. The molecule has 0 aliphatic carbocycles. The van der Waals surface area contributed by atoms with Crippen LogP contribution in [0.1, 0.15) is 29.0 Å². The molecular formula is C12H13ClN4O. The second-order valence-corrected chi connectivity index (χ2v) is 4.38. The van der Waals surface area contributed by atoms with Crippen LogP contribution >= 0.6 is 11.6 Å². The van der Waals surface area contributed by atoms with Gasteiger partial charge in [0.15, 0.2) is 5.69 Å². The van der Waals surface area contributed by atoms with Gasteiger partial charge in [0.05, 0.1) is 12.2 Å². The molecule has 0 fully saturated rings. The van der Waals surface area contributed by atoms with Gasteiger partial charge in [-0.1, -0.05) is 29.8 Å². The Kier molecular flexibility index (Phi) is 3.62. The molecule has 5 nitrogen and oxygen atoms in total. The van der Waals surface area contributed by atoms with Gasteiger partial charge in [0, 0.05) is 12.1 Å². The van der Waals surface area contributed by atoms with E-state index in [-0.39, 0.29) is 17.6 Å². The van der Waals surface area contributed by atoms with E-state index in [9.17, 15) is 4.79 Å². The molecule has 6 heteroatoms. The third kappa shape index (κ3) is 2.36. The molecule has 0 spiro atoms. The minimum absolute atomic E-state index is 0.136. The Labute approximate surface area is 110 Å². The predicted molar refractivity (Wildman–Crippen MR) is 68.3 cm³/mol. The second kappa shape index (κ2) is 5.18. The lowest BCUT2D eigenvalue weighted by molar-refractivity contribution is 0.0736. The van der Waals surface area contributed by atoms with E-state index in [2.05, 4.69) is 15.4 Å². The minimum Gasteiger partial charge on any atom is -0.333 e. The first-order chi connectivity index (χ1) is 8.61. The summed E-state index contributed by atoms with van der Waals surface area (Å²) < 4.78 is 0. The van der Waals surface area contributed by atoms with E-state index in [0.717, 1.165) is 5.56 Å². The first-order valence-electron chi connectivity index (χ1n) is 5.48. The lowest BCUT2D eigenvalue weighted by Gasteiger charge is -2.25. The number of hydrogen-bond acceptors (Lipinski definition) is 3. The molecule has 0 bridgehead atoms. The summed E-state index contributed by atoms with van der Waals surface area (Å²) in [6, 6.07) is 7.33. The third-order valence-corrected chi connectivity index (χ3v) is 3.23. The summed E-state index contributed by atoms with van der Waals surface area (Å²) in [5.74, 6) is -0.198. The van der Waals surface area contributed by atoms with Crippen LogP contribution in [0.3, 0.4) is 0 Å². The number of carbonyl (C=O) groups is 1. The number of hydrogen-bond donors (Lipinski definition) is 1. The smallest absolute Gasteiger partial charge is 0.276 e. The average Bonchev–Trinajstić information content (AvgIpc) is 2.90. The van der Waals surface area contributed by atoms with Crippen molar-refractivity contribution in [1.82, 2.24) is 20.3 Å². The normalized spacial score (nSPS) is 12.2. The van der Waals surface area contributed by atoms with Crippen molar-refractivity contribution in [3.05, 3.63) is 46.7 Å². The number of aromatic nitrogens is 3. The zero-order valence-corrected chi connectivity index (χ0v) is 10.8. The molecule has 1 amide bonds. The molecule has 0 aliphatic rings. The average molecular weight is 265 g/mol. The topological polar surface area (TPSA) is 61.9 Å². The maximum atomic E-state index is 12.1. The van der Waals surface area contributed by atoms with Crippen molar-refractivity contribution < 1.29 is 4.79 Å². The highest BCUT2D eigenvalue weighted by Crippen LogP contribution is 2.26. The van der Waals surface area contributed by atoms with Gasteiger partial charge in [0.25, 0.3) is 5.91 Å². The fourth-order valence-electron chi connectivity index (χ4n) is 1.68. The molecule has 0 aliphatic heterocycles. The van der Waals surface area contributed by atoms with Crippen molar-refractivity contribution in [3.63, 3.8) is 0 Å². The standard InChI is InChI=1S/C12H13ClN4O/c1-8(9-5-3-4-6-10(9)13)17(2)12(18)11-7-14-16-15-11/h3-8H,1-2H3,(H,14,15,16). The Hall–Kier alpha value is -1.88. The molecular weight excluding hydrogens is 252 g/mol. The number of nitrogens with zero attached hydrogens (tertiary/aromatic N) is 3. The Morgan fingerprint density at radius 2 is 2.17 bits per heavy atom. The first-order valence-corrected chi connectivity index (χ1v) is 5.86. The Morgan fingerprint density at radius 3 is 2.78 bits per heavy atom. The van der Waals surface area contributed by atoms with Crippen LogP contribution in [0, 0.1) is 0 Å². The van der Waals surface area contributed by atoms with Crippen molar-refractivity contribution >= 4 is 17.5 Å². The fraction of sp³-hybridized carbons (Fsp3) is 0.250. The number of rotatable bonds is 3. The monoisotopic (exact) mass is 264 g/mol. The summed E-state index contributed by atoms with van der Waals surface area (Å²) in [6.45, 7) is 1.92. The molecule has 2 aromatic rings. The summed E-state index contributed by atoms with van der Waals surface area (Å²) in [7, 11) is 1.71. The van der Waals surface area contributed by atoms with Crippen molar-refractivity contribution in [2.24, 2.45) is 0 Å². The Bertz CT molecular complexity index is 541. The van der Waals surface area contributed by atoms with E-state index in [1.54, 1.807) is 11.9 Å². The predicted octanol–water partition coefficient (Wildman–Crippen LogP) is 2.29. The molecule has 1 N–H and O–H groups in total. The second-order valence-electron chi connectivity index (χ2n) is 3.97. The first kappa shape index (κ1) is 12.6. The van der Waals surface area contributed by atoms with Crippen LogP contribution in [-0.4, -0.2) is 33.3 Å². The summed E-state index contributed by atoms with van der Waals surface area (Å²) in [4.78, 5) is 13.7. The summed E-state index contributed by atoms with van der Waals surface area (Å²) in [5.41, 5.74) is 1.19. The number of amides is 1. The fourth-order valence-corrected chi connectivity index (χ4v) is 1.98. The number of benzene rings is 1.